The molecule has 0 aliphatic carbocycles. The molecule has 0 aromatic rings. The minimum Gasteiger partial charge on any atom is -0.409 e. The van der Waals surface area contributed by atoms with Crippen LogP contribution in [0, 0.1) is 0 Å². The summed E-state index contributed by atoms with van der Waals surface area (Å²) in [6.45, 7) is 7.13. The Balaban J connectivity index is 2.45. The van der Waals surface area contributed by atoms with Gasteiger partial charge in [0.2, 0.25) is 0 Å². The van der Waals surface area contributed by atoms with E-state index < -0.39 is 0 Å². The van der Waals surface area contributed by atoms with Crippen molar-refractivity contribution in [3.63, 3.8) is 0 Å². The van der Waals surface area contributed by atoms with Crippen molar-refractivity contribution in [1.29, 1.82) is 0 Å². The first kappa shape index (κ1) is 14.3. The van der Waals surface area contributed by atoms with E-state index in [1.54, 1.807) is 0 Å². The first-order chi connectivity index (χ1) is 7.96. The Morgan fingerprint density at radius 3 is 2.88 bits per heavy atom. The Hall–Kier alpha value is -0.810. The quantitative estimate of drug-likeness (QED) is 0.295. The first-order valence-electron chi connectivity index (χ1n) is 6.33. The van der Waals surface area contributed by atoms with Crippen LogP contribution in [0.25, 0.3) is 0 Å². The molecule has 5 nitrogen and oxygen atoms in total. The molecule has 1 heterocycles. The van der Waals surface area contributed by atoms with Crippen molar-refractivity contribution in [2.45, 2.75) is 64.1 Å². The van der Waals surface area contributed by atoms with Crippen LogP contribution in [0.2, 0.25) is 0 Å². The van der Waals surface area contributed by atoms with Crippen molar-refractivity contribution in [3.8, 4) is 0 Å². The van der Waals surface area contributed by atoms with E-state index in [0.29, 0.717) is 12.5 Å². The van der Waals surface area contributed by atoms with Gasteiger partial charge in [0, 0.05) is 25.1 Å². The molecule has 0 aromatic heterocycles. The highest BCUT2D eigenvalue weighted by Crippen LogP contribution is 2.24. The molecule has 1 rings (SSSR count). The monoisotopic (exact) mass is 243 g/mol. The molecular weight excluding hydrogens is 218 g/mol. The van der Waals surface area contributed by atoms with Gasteiger partial charge in [-0.1, -0.05) is 12.1 Å². The molecule has 1 aliphatic heterocycles. The van der Waals surface area contributed by atoms with E-state index in [0.717, 1.165) is 25.9 Å². The maximum Gasteiger partial charge on any atom is 0.140 e. The number of nitrogens with one attached hydrogen (secondary N) is 1. The number of amidine groups is 1. The second-order valence-corrected chi connectivity index (χ2v) is 5.37. The number of ether oxygens (including phenoxy) is 1. The molecule has 17 heavy (non-hydrogen) atoms. The van der Waals surface area contributed by atoms with Crippen LogP contribution in [0.4, 0.5) is 0 Å². The highest BCUT2D eigenvalue weighted by molar-refractivity contribution is 5.80. The summed E-state index contributed by atoms with van der Waals surface area (Å²) in [5.41, 5.74) is 5.49. The normalized spacial score (nSPS) is 26.8. The lowest BCUT2D eigenvalue weighted by Gasteiger charge is -2.37. The molecular formula is C12H25N3O2. The lowest BCUT2D eigenvalue weighted by molar-refractivity contribution is -0.0641. The molecule has 0 bridgehead atoms. The van der Waals surface area contributed by atoms with Crippen molar-refractivity contribution in [2.24, 2.45) is 10.9 Å². The Labute approximate surface area is 103 Å². The van der Waals surface area contributed by atoms with Gasteiger partial charge < -0.3 is 21.0 Å². The zero-order valence-electron chi connectivity index (χ0n) is 11.1. The van der Waals surface area contributed by atoms with Crippen molar-refractivity contribution >= 4 is 5.84 Å². The van der Waals surface area contributed by atoms with Crippen LogP contribution in [0.1, 0.15) is 46.5 Å². The van der Waals surface area contributed by atoms with E-state index in [1.807, 2.05) is 0 Å². The van der Waals surface area contributed by atoms with Crippen LogP contribution in [-0.4, -0.2) is 35.3 Å². The van der Waals surface area contributed by atoms with Gasteiger partial charge >= 0.3 is 0 Å². The van der Waals surface area contributed by atoms with Crippen LogP contribution in [0.3, 0.4) is 0 Å². The summed E-state index contributed by atoms with van der Waals surface area (Å²) in [7, 11) is 0. The van der Waals surface area contributed by atoms with Crippen molar-refractivity contribution in [3.05, 3.63) is 0 Å². The molecule has 1 fully saturated rings. The van der Waals surface area contributed by atoms with Crippen molar-refractivity contribution in [2.75, 3.05) is 6.61 Å². The topological polar surface area (TPSA) is 79.9 Å². The smallest absolute Gasteiger partial charge is 0.140 e. The number of oxime groups is 1. The summed E-state index contributed by atoms with van der Waals surface area (Å²) < 4.78 is 5.68. The third kappa shape index (κ3) is 4.91. The molecule has 1 saturated heterocycles. The Morgan fingerprint density at radius 2 is 2.35 bits per heavy atom. The van der Waals surface area contributed by atoms with E-state index in [4.69, 9.17) is 15.7 Å². The Kier molecular flexibility index (Phi) is 5.21. The fourth-order valence-electron chi connectivity index (χ4n) is 2.32. The number of rotatable bonds is 5. The molecule has 100 valence electrons. The minimum absolute atomic E-state index is 0.0508. The predicted molar refractivity (Wildman–Crippen MR) is 68.3 cm³/mol. The summed E-state index contributed by atoms with van der Waals surface area (Å²) >= 11 is 0. The largest absolute Gasteiger partial charge is 0.409 e. The maximum absolute atomic E-state index is 8.58. The van der Waals surface area contributed by atoms with Crippen molar-refractivity contribution in [1.82, 2.24) is 5.32 Å². The van der Waals surface area contributed by atoms with E-state index in [2.05, 4.69) is 31.2 Å². The average Bonchev–Trinajstić information content (AvgIpc) is 2.26. The number of hydrogen-bond acceptors (Lipinski definition) is 4. The molecule has 2 atom stereocenters. The van der Waals surface area contributed by atoms with Crippen LogP contribution >= 0.6 is 0 Å². The van der Waals surface area contributed by atoms with E-state index in [9.17, 15) is 0 Å². The zero-order chi connectivity index (χ0) is 12.9. The Morgan fingerprint density at radius 1 is 1.65 bits per heavy atom. The molecule has 0 amide bonds. The molecule has 0 radical (unpaired) electrons. The van der Waals surface area contributed by atoms with Gasteiger partial charge in [0.15, 0.2) is 0 Å². The lowest BCUT2D eigenvalue weighted by Crippen LogP contribution is -2.48. The van der Waals surface area contributed by atoms with Crippen LogP contribution < -0.4 is 11.1 Å². The fourth-order valence-corrected chi connectivity index (χ4v) is 2.32. The highest BCUT2D eigenvalue weighted by Gasteiger charge is 2.29. The molecule has 0 aromatic carbocycles. The van der Waals surface area contributed by atoms with Gasteiger partial charge in [-0.3, -0.25) is 0 Å². The van der Waals surface area contributed by atoms with Gasteiger partial charge in [-0.05, 0) is 33.1 Å². The second kappa shape index (κ2) is 6.21. The third-order valence-electron chi connectivity index (χ3n) is 3.25. The van der Waals surface area contributed by atoms with Gasteiger partial charge in [0.05, 0.1) is 5.60 Å². The van der Waals surface area contributed by atoms with Gasteiger partial charge in [0.1, 0.15) is 5.84 Å². The highest BCUT2D eigenvalue weighted by atomic mass is 16.5. The molecule has 0 saturated carbocycles. The molecule has 1 aliphatic rings. The second-order valence-electron chi connectivity index (χ2n) is 5.37. The maximum atomic E-state index is 8.58. The molecule has 2 unspecified atom stereocenters. The number of nitrogens with two attached hydrogens (primary N) is 1. The first-order valence-corrected chi connectivity index (χ1v) is 6.33. The third-order valence-corrected chi connectivity index (χ3v) is 3.25. The SMILES string of the molecule is CCC(CC(N)=NO)NC1CCOC(C)(C)C1. The van der Waals surface area contributed by atoms with Crippen molar-refractivity contribution < 1.29 is 9.94 Å². The van der Waals surface area contributed by atoms with Gasteiger partial charge in [-0.2, -0.15) is 0 Å². The number of nitrogens with zero attached hydrogens (tertiary/aromatic N) is 1. The average molecular weight is 243 g/mol. The summed E-state index contributed by atoms with van der Waals surface area (Å²) in [6.07, 6.45) is 3.58. The van der Waals surface area contributed by atoms with Gasteiger partial charge in [-0.15, -0.1) is 0 Å². The summed E-state index contributed by atoms with van der Waals surface area (Å²) in [4.78, 5) is 0. The van der Waals surface area contributed by atoms with E-state index in [1.165, 1.54) is 0 Å². The Bertz CT molecular complexity index is 266. The van der Waals surface area contributed by atoms with Crippen LogP contribution in [-0.2, 0) is 4.74 Å². The van der Waals surface area contributed by atoms with Crippen LogP contribution in [0.15, 0.2) is 5.16 Å². The van der Waals surface area contributed by atoms with E-state index in [-0.39, 0.29) is 17.5 Å². The van der Waals surface area contributed by atoms with E-state index >= 15 is 0 Å². The lowest BCUT2D eigenvalue weighted by atomic mass is 9.93. The summed E-state index contributed by atoms with van der Waals surface area (Å²) in [5.74, 6) is 0.288. The minimum atomic E-state index is -0.0508. The van der Waals surface area contributed by atoms with Gasteiger partial charge in [-0.25, -0.2) is 0 Å². The zero-order valence-corrected chi connectivity index (χ0v) is 11.1. The van der Waals surface area contributed by atoms with Crippen LogP contribution in [0.5, 0.6) is 0 Å². The molecule has 5 heteroatoms. The predicted octanol–water partition coefficient (Wildman–Crippen LogP) is 1.45. The van der Waals surface area contributed by atoms with Gasteiger partial charge in [0.25, 0.3) is 0 Å². The standard InChI is InChI=1S/C12H25N3O2/c1-4-9(7-11(13)15-16)14-10-5-6-17-12(2,3)8-10/h9-10,14,16H,4-8H2,1-3H3,(H2,13,15). The summed E-state index contributed by atoms with van der Waals surface area (Å²) in [5, 5.41) is 15.2. The number of hydrogen-bond donors (Lipinski definition) is 3. The summed E-state index contributed by atoms with van der Waals surface area (Å²) in [6, 6.07) is 0.722. The molecule has 0 spiro atoms. The molecule has 4 N–H and O–H groups in total. The fraction of sp³-hybridized carbons (Fsp3) is 0.917.